The van der Waals surface area contributed by atoms with E-state index in [1.807, 2.05) is 5.38 Å². The van der Waals surface area contributed by atoms with Crippen LogP contribution in [0.15, 0.2) is 21.4 Å². The van der Waals surface area contributed by atoms with E-state index >= 15 is 0 Å². The number of nitrogens with zero attached hydrogens (tertiary/aromatic N) is 2. The Morgan fingerprint density at radius 3 is 3.00 bits per heavy atom. The third-order valence-corrected chi connectivity index (χ3v) is 5.35. The molecule has 1 N–H and O–H groups in total. The molecule has 0 radical (unpaired) electrons. The molecule has 2 aromatic rings. The molecule has 2 heterocycles. The molecule has 3 rings (SSSR count). The predicted octanol–water partition coefficient (Wildman–Crippen LogP) is 2.43. The fraction of sp³-hybridized carbons (Fsp3) is 0.462. The number of thiophene rings is 1. The number of aromatic nitrogens is 2. The standard InChI is InChI=1S/C13H14N2O3S2/c1-13(3-4-13)7-15-11(18)10-8(2-5-19-10)14-12(15)20-6-9(16)17/h2,5H,3-4,6-7H2,1H3,(H,16,17). The van der Waals surface area contributed by atoms with Crippen LogP contribution in [0.1, 0.15) is 19.8 Å². The zero-order chi connectivity index (χ0) is 14.3. The zero-order valence-electron chi connectivity index (χ0n) is 11.0. The predicted molar refractivity (Wildman–Crippen MR) is 79.6 cm³/mol. The molecule has 0 saturated heterocycles. The third-order valence-electron chi connectivity index (χ3n) is 3.50. The Kier molecular flexibility index (Phi) is 3.33. The van der Waals surface area contributed by atoms with Crippen molar-refractivity contribution >= 4 is 39.3 Å². The number of carbonyl (C=O) groups is 1. The molecule has 20 heavy (non-hydrogen) atoms. The van der Waals surface area contributed by atoms with E-state index in [2.05, 4.69) is 11.9 Å². The van der Waals surface area contributed by atoms with Gasteiger partial charge in [-0.15, -0.1) is 11.3 Å². The zero-order valence-corrected chi connectivity index (χ0v) is 12.6. The van der Waals surface area contributed by atoms with Gasteiger partial charge in [-0.05, 0) is 29.7 Å². The van der Waals surface area contributed by atoms with Gasteiger partial charge >= 0.3 is 5.97 Å². The molecule has 2 aromatic heterocycles. The second-order valence-corrected chi connectivity index (χ2v) is 7.27. The highest BCUT2D eigenvalue weighted by molar-refractivity contribution is 7.99. The van der Waals surface area contributed by atoms with Crippen LogP contribution in [0, 0.1) is 5.41 Å². The van der Waals surface area contributed by atoms with E-state index in [0.29, 0.717) is 21.9 Å². The fourth-order valence-electron chi connectivity index (χ4n) is 2.05. The molecule has 0 unspecified atom stereocenters. The van der Waals surface area contributed by atoms with Crippen molar-refractivity contribution in [2.75, 3.05) is 5.75 Å². The molecule has 1 aliphatic rings. The Balaban J connectivity index is 2.06. The van der Waals surface area contributed by atoms with Crippen LogP contribution in [0.2, 0.25) is 0 Å². The van der Waals surface area contributed by atoms with Crippen molar-refractivity contribution in [1.29, 1.82) is 0 Å². The molecule has 0 bridgehead atoms. The van der Waals surface area contributed by atoms with E-state index in [4.69, 9.17) is 5.11 Å². The number of rotatable bonds is 5. The summed E-state index contributed by atoms with van der Waals surface area (Å²) in [6.45, 7) is 2.76. The molecule has 0 amide bonds. The van der Waals surface area contributed by atoms with Crippen molar-refractivity contribution in [1.82, 2.24) is 9.55 Å². The molecule has 1 fully saturated rings. The number of hydrogen-bond donors (Lipinski definition) is 1. The minimum atomic E-state index is -0.904. The van der Waals surface area contributed by atoms with Gasteiger partial charge in [0.2, 0.25) is 0 Å². The van der Waals surface area contributed by atoms with Crippen LogP contribution in [0.3, 0.4) is 0 Å². The highest BCUT2D eigenvalue weighted by Crippen LogP contribution is 2.46. The summed E-state index contributed by atoms with van der Waals surface area (Å²) < 4.78 is 2.30. The molecule has 106 valence electrons. The third kappa shape index (κ3) is 2.60. The van der Waals surface area contributed by atoms with Crippen molar-refractivity contribution in [3.63, 3.8) is 0 Å². The van der Waals surface area contributed by atoms with Crippen LogP contribution in [0.5, 0.6) is 0 Å². The highest BCUT2D eigenvalue weighted by Gasteiger charge is 2.38. The summed E-state index contributed by atoms with van der Waals surface area (Å²) in [5.74, 6) is -0.988. The average Bonchev–Trinajstić information content (AvgIpc) is 2.93. The van der Waals surface area contributed by atoms with Crippen molar-refractivity contribution in [3.05, 3.63) is 21.8 Å². The van der Waals surface area contributed by atoms with Gasteiger partial charge < -0.3 is 5.11 Å². The normalized spacial score (nSPS) is 16.4. The summed E-state index contributed by atoms with van der Waals surface area (Å²) in [6, 6.07) is 1.80. The van der Waals surface area contributed by atoms with Crippen molar-refractivity contribution in [2.45, 2.75) is 31.5 Å². The monoisotopic (exact) mass is 310 g/mol. The number of hydrogen-bond acceptors (Lipinski definition) is 5. The molecule has 1 aliphatic carbocycles. The minimum Gasteiger partial charge on any atom is -0.481 e. The molecule has 0 aliphatic heterocycles. The van der Waals surface area contributed by atoms with E-state index in [-0.39, 0.29) is 16.7 Å². The Morgan fingerprint density at radius 2 is 2.35 bits per heavy atom. The molecule has 0 aromatic carbocycles. The lowest BCUT2D eigenvalue weighted by molar-refractivity contribution is -0.133. The van der Waals surface area contributed by atoms with Crippen LogP contribution < -0.4 is 5.56 Å². The lowest BCUT2D eigenvalue weighted by Gasteiger charge is -2.15. The van der Waals surface area contributed by atoms with Crippen LogP contribution in [-0.2, 0) is 11.3 Å². The maximum atomic E-state index is 12.5. The number of fused-ring (bicyclic) bond motifs is 1. The summed E-state index contributed by atoms with van der Waals surface area (Å²) in [6.07, 6.45) is 2.20. The number of carboxylic acids is 1. The summed E-state index contributed by atoms with van der Waals surface area (Å²) in [5, 5.41) is 11.2. The van der Waals surface area contributed by atoms with E-state index < -0.39 is 5.97 Å². The fourth-order valence-corrected chi connectivity index (χ4v) is 3.55. The summed E-state index contributed by atoms with van der Waals surface area (Å²) in [7, 11) is 0. The molecule has 1 saturated carbocycles. The molecule has 0 spiro atoms. The van der Waals surface area contributed by atoms with Gasteiger partial charge in [-0.25, -0.2) is 4.98 Å². The molecular weight excluding hydrogens is 296 g/mol. The first-order valence-electron chi connectivity index (χ1n) is 6.31. The molecular formula is C13H14N2O3S2. The van der Waals surface area contributed by atoms with Crippen LogP contribution in [0.4, 0.5) is 0 Å². The first-order valence-corrected chi connectivity index (χ1v) is 8.18. The van der Waals surface area contributed by atoms with Gasteiger partial charge in [0.25, 0.3) is 5.56 Å². The van der Waals surface area contributed by atoms with E-state index in [0.717, 1.165) is 24.6 Å². The Hall–Kier alpha value is -1.34. The number of carboxylic acid groups (broad SMARTS) is 1. The summed E-state index contributed by atoms with van der Waals surface area (Å²) >= 11 is 2.50. The van der Waals surface area contributed by atoms with Crippen molar-refractivity contribution < 1.29 is 9.90 Å². The van der Waals surface area contributed by atoms with Crippen LogP contribution >= 0.6 is 23.1 Å². The Labute approximate surface area is 123 Å². The lowest BCUT2D eigenvalue weighted by Crippen LogP contribution is -2.26. The first-order chi connectivity index (χ1) is 9.48. The van der Waals surface area contributed by atoms with Gasteiger partial charge in [0, 0.05) is 6.54 Å². The summed E-state index contributed by atoms with van der Waals surface area (Å²) in [5.41, 5.74) is 0.769. The van der Waals surface area contributed by atoms with Gasteiger partial charge in [0.05, 0.1) is 11.3 Å². The number of aliphatic carboxylic acids is 1. The summed E-state index contributed by atoms with van der Waals surface area (Å²) in [4.78, 5) is 27.7. The molecule has 0 atom stereocenters. The molecule has 7 heteroatoms. The Bertz CT molecular complexity index is 731. The van der Waals surface area contributed by atoms with Crippen molar-refractivity contribution in [2.24, 2.45) is 5.41 Å². The Morgan fingerprint density at radius 1 is 1.60 bits per heavy atom. The topological polar surface area (TPSA) is 72.2 Å². The minimum absolute atomic E-state index is 0.0500. The maximum absolute atomic E-state index is 12.5. The SMILES string of the molecule is CC1(Cn2c(SCC(=O)O)nc3ccsc3c2=O)CC1. The van der Waals surface area contributed by atoms with E-state index in [1.165, 1.54) is 11.3 Å². The molecule has 5 nitrogen and oxygen atoms in total. The van der Waals surface area contributed by atoms with E-state index in [1.54, 1.807) is 10.6 Å². The van der Waals surface area contributed by atoms with Crippen LogP contribution in [-0.4, -0.2) is 26.4 Å². The highest BCUT2D eigenvalue weighted by atomic mass is 32.2. The quantitative estimate of drug-likeness (QED) is 0.678. The smallest absolute Gasteiger partial charge is 0.313 e. The van der Waals surface area contributed by atoms with Gasteiger partial charge in [-0.1, -0.05) is 18.7 Å². The second kappa shape index (κ2) is 4.89. The second-order valence-electron chi connectivity index (χ2n) is 5.41. The average molecular weight is 310 g/mol. The van der Waals surface area contributed by atoms with Gasteiger partial charge in [0.15, 0.2) is 5.16 Å². The number of thioether (sulfide) groups is 1. The van der Waals surface area contributed by atoms with Gasteiger partial charge in [0.1, 0.15) is 4.70 Å². The van der Waals surface area contributed by atoms with Gasteiger partial charge in [-0.2, -0.15) is 0 Å². The largest absolute Gasteiger partial charge is 0.481 e. The van der Waals surface area contributed by atoms with Crippen LogP contribution in [0.25, 0.3) is 10.2 Å². The lowest BCUT2D eigenvalue weighted by atomic mass is 10.1. The van der Waals surface area contributed by atoms with E-state index in [9.17, 15) is 9.59 Å². The van der Waals surface area contributed by atoms with Crippen molar-refractivity contribution in [3.8, 4) is 0 Å². The maximum Gasteiger partial charge on any atom is 0.313 e. The van der Waals surface area contributed by atoms with Gasteiger partial charge in [-0.3, -0.25) is 14.2 Å². The first kappa shape index (κ1) is 13.6.